The second-order valence-electron chi connectivity index (χ2n) is 7.83. The first-order valence-corrected chi connectivity index (χ1v) is 9.34. The average molecular weight is 380 g/mol. The monoisotopic (exact) mass is 380 g/mol. The van der Waals surface area contributed by atoms with Crippen molar-refractivity contribution in [3.05, 3.63) is 42.7 Å². The van der Waals surface area contributed by atoms with Crippen LogP contribution in [-0.2, 0) is 0 Å². The Hall–Kier alpha value is -3.23. The van der Waals surface area contributed by atoms with E-state index in [1.54, 1.807) is 24.8 Å². The van der Waals surface area contributed by atoms with E-state index in [4.69, 9.17) is 0 Å². The van der Waals surface area contributed by atoms with E-state index in [2.05, 4.69) is 35.1 Å². The van der Waals surface area contributed by atoms with Gasteiger partial charge in [0.05, 0.1) is 0 Å². The highest BCUT2D eigenvalue weighted by Crippen LogP contribution is 2.21. The summed E-state index contributed by atoms with van der Waals surface area (Å²) in [5.74, 6) is 1.26. The summed E-state index contributed by atoms with van der Waals surface area (Å²) in [5, 5.41) is 2.97. The third-order valence-electron chi connectivity index (χ3n) is 4.49. The van der Waals surface area contributed by atoms with E-state index in [-0.39, 0.29) is 11.4 Å². The summed E-state index contributed by atoms with van der Waals surface area (Å²) in [4.78, 5) is 34.7. The molecule has 0 spiro atoms. The van der Waals surface area contributed by atoms with Crippen molar-refractivity contribution in [1.29, 1.82) is 0 Å². The van der Waals surface area contributed by atoms with E-state index in [1.807, 2.05) is 37.4 Å². The number of anilines is 2. The van der Waals surface area contributed by atoms with E-state index >= 15 is 0 Å². The number of hydrogen-bond acceptors (Lipinski definition) is 7. The Labute approximate surface area is 163 Å². The van der Waals surface area contributed by atoms with Crippen molar-refractivity contribution in [2.45, 2.75) is 26.3 Å². The Morgan fingerprint density at radius 1 is 1.00 bits per heavy atom. The summed E-state index contributed by atoms with van der Waals surface area (Å²) in [7, 11) is 0. The van der Waals surface area contributed by atoms with Gasteiger partial charge in [-0.05, 0) is 26.8 Å². The maximum atomic E-state index is 12.6. The molecule has 28 heavy (non-hydrogen) atoms. The molecule has 0 radical (unpaired) electrons. The van der Waals surface area contributed by atoms with Gasteiger partial charge in [0.15, 0.2) is 11.5 Å². The minimum atomic E-state index is -0.329. The van der Waals surface area contributed by atoms with Crippen LogP contribution in [0, 0.1) is 0 Å². The Balaban J connectivity index is 1.58. The molecular weight excluding hydrogens is 356 g/mol. The number of aromatic nitrogens is 5. The normalized spacial score (nSPS) is 15.1. The maximum absolute atomic E-state index is 12.6. The van der Waals surface area contributed by atoms with Gasteiger partial charge in [-0.25, -0.2) is 19.9 Å². The molecule has 1 amide bonds. The fraction of sp³-hybridized carbons (Fsp3) is 0.421. The number of carbonyl (C=O) groups excluding carboxylic acids is 1. The molecule has 0 unspecified atom stereocenters. The highest BCUT2D eigenvalue weighted by Gasteiger charge is 2.24. The molecule has 3 aromatic rings. The van der Waals surface area contributed by atoms with Gasteiger partial charge in [0.2, 0.25) is 5.95 Å². The van der Waals surface area contributed by atoms with Gasteiger partial charge in [0.25, 0.3) is 5.91 Å². The van der Waals surface area contributed by atoms with Crippen molar-refractivity contribution in [3.8, 4) is 0 Å². The average Bonchev–Trinajstić information content (AvgIpc) is 3.15. The molecule has 9 nitrogen and oxygen atoms in total. The number of nitrogens with zero attached hydrogens (tertiary/aromatic N) is 7. The Bertz CT molecular complexity index is 971. The summed E-state index contributed by atoms with van der Waals surface area (Å²) in [5.41, 5.74) is 0.797. The van der Waals surface area contributed by atoms with E-state index in [9.17, 15) is 4.79 Å². The van der Waals surface area contributed by atoms with Gasteiger partial charge in [-0.3, -0.25) is 4.79 Å². The van der Waals surface area contributed by atoms with Crippen LogP contribution < -0.4 is 15.1 Å². The summed E-state index contributed by atoms with van der Waals surface area (Å²) in [6, 6.07) is 1.81. The van der Waals surface area contributed by atoms with Crippen LogP contribution in [0.1, 0.15) is 31.3 Å². The van der Waals surface area contributed by atoms with E-state index in [1.165, 1.54) is 0 Å². The van der Waals surface area contributed by atoms with E-state index in [0.717, 1.165) is 43.6 Å². The number of nitrogens with one attached hydrogen (secondary N) is 1. The van der Waals surface area contributed by atoms with E-state index < -0.39 is 0 Å². The lowest BCUT2D eigenvalue weighted by Crippen LogP contribution is -2.47. The summed E-state index contributed by atoms with van der Waals surface area (Å²) >= 11 is 0. The third kappa shape index (κ3) is 3.73. The van der Waals surface area contributed by atoms with Crippen molar-refractivity contribution in [2.24, 2.45) is 0 Å². The molecule has 4 heterocycles. The molecule has 3 aromatic heterocycles. The van der Waals surface area contributed by atoms with Gasteiger partial charge in [0.1, 0.15) is 5.69 Å². The second-order valence-corrected chi connectivity index (χ2v) is 7.83. The first-order chi connectivity index (χ1) is 13.4. The molecule has 9 heteroatoms. The van der Waals surface area contributed by atoms with Crippen molar-refractivity contribution in [3.63, 3.8) is 0 Å². The number of piperazine rings is 1. The SMILES string of the molecule is CC(C)(C)NC(=O)c1cn2ccnc2c(N2CCN(c3ncccn3)CC2)n1. The fourth-order valence-corrected chi connectivity index (χ4v) is 3.21. The van der Waals surface area contributed by atoms with Gasteiger partial charge < -0.3 is 19.5 Å². The van der Waals surface area contributed by atoms with Crippen LogP contribution in [0.25, 0.3) is 5.65 Å². The fourth-order valence-electron chi connectivity index (χ4n) is 3.21. The lowest BCUT2D eigenvalue weighted by atomic mass is 10.1. The lowest BCUT2D eigenvalue weighted by Gasteiger charge is -2.35. The molecule has 4 rings (SSSR count). The van der Waals surface area contributed by atoms with Crippen molar-refractivity contribution >= 4 is 23.3 Å². The molecule has 1 aliphatic rings. The number of fused-ring (bicyclic) bond motifs is 1. The van der Waals surface area contributed by atoms with Gasteiger partial charge in [-0.15, -0.1) is 0 Å². The van der Waals surface area contributed by atoms with Crippen LogP contribution in [0.2, 0.25) is 0 Å². The molecule has 146 valence electrons. The predicted octanol–water partition coefficient (Wildman–Crippen LogP) is 1.37. The van der Waals surface area contributed by atoms with Gasteiger partial charge in [0, 0.05) is 62.7 Å². The number of hydrogen-bond donors (Lipinski definition) is 1. The second kappa shape index (κ2) is 7.06. The third-order valence-corrected chi connectivity index (χ3v) is 4.49. The summed E-state index contributed by atoms with van der Waals surface area (Å²) < 4.78 is 1.85. The molecule has 0 aromatic carbocycles. The number of imidazole rings is 1. The standard InChI is InChI=1S/C19H24N8O/c1-19(2,3)24-17(28)14-13-27-8-7-20-15(27)16(23-14)25-9-11-26(12-10-25)18-21-5-4-6-22-18/h4-8,13H,9-12H2,1-3H3,(H,24,28). The Kier molecular flexibility index (Phi) is 4.58. The first kappa shape index (κ1) is 18.1. The molecule has 1 aliphatic heterocycles. The zero-order chi connectivity index (χ0) is 19.7. The van der Waals surface area contributed by atoms with Crippen LogP contribution in [-0.4, -0.2) is 62.0 Å². The molecule has 1 N–H and O–H groups in total. The largest absolute Gasteiger partial charge is 0.350 e. The minimum Gasteiger partial charge on any atom is -0.350 e. The zero-order valence-electron chi connectivity index (χ0n) is 16.3. The van der Waals surface area contributed by atoms with Gasteiger partial charge in [-0.1, -0.05) is 0 Å². The van der Waals surface area contributed by atoms with Crippen molar-refractivity contribution in [1.82, 2.24) is 29.7 Å². The van der Waals surface area contributed by atoms with Crippen LogP contribution in [0.4, 0.5) is 11.8 Å². The van der Waals surface area contributed by atoms with Crippen LogP contribution >= 0.6 is 0 Å². The Morgan fingerprint density at radius 2 is 1.68 bits per heavy atom. The van der Waals surface area contributed by atoms with E-state index in [0.29, 0.717) is 5.69 Å². The zero-order valence-corrected chi connectivity index (χ0v) is 16.3. The molecule has 1 fully saturated rings. The first-order valence-electron chi connectivity index (χ1n) is 9.34. The molecule has 0 atom stereocenters. The number of rotatable bonds is 3. The Morgan fingerprint density at radius 3 is 2.36 bits per heavy atom. The van der Waals surface area contributed by atoms with Crippen molar-refractivity contribution in [2.75, 3.05) is 36.0 Å². The molecule has 0 saturated carbocycles. The van der Waals surface area contributed by atoms with Crippen molar-refractivity contribution < 1.29 is 4.79 Å². The molecule has 0 bridgehead atoms. The highest BCUT2D eigenvalue weighted by molar-refractivity contribution is 5.93. The lowest BCUT2D eigenvalue weighted by molar-refractivity contribution is 0.0914. The van der Waals surface area contributed by atoms with Gasteiger partial charge in [-0.2, -0.15) is 0 Å². The highest BCUT2D eigenvalue weighted by atomic mass is 16.2. The molecule has 1 saturated heterocycles. The smallest absolute Gasteiger partial charge is 0.271 e. The predicted molar refractivity (Wildman–Crippen MR) is 107 cm³/mol. The van der Waals surface area contributed by atoms with Crippen LogP contribution in [0.3, 0.4) is 0 Å². The molecule has 0 aliphatic carbocycles. The number of amides is 1. The summed E-state index contributed by atoms with van der Waals surface area (Å²) in [6.45, 7) is 8.90. The quantitative estimate of drug-likeness (QED) is 0.734. The molecular formula is C19H24N8O. The van der Waals surface area contributed by atoms with Crippen LogP contribution in [0.5, 0.6) is 0 Å². The summed E-state index contributed by atoms with van der Waals surface area (Å²) in [6.07, 6.45) is 8.78. The maximum Gasteiger partial charge on any atom is 0.271 e. The minimum absolute atomic E-state index is 0.194. The topological polar surface area (TPSA) is 91.6 Å². The van der Waals surface area contributed by atoms with Gasteiger partial charge >= 0.3 is 0 Å². The van der Waals surface area contributed by atoms with Crippen LogP contribution in [0.15, 0.2) is 37.1 Å². The number of carbonyl (C=O) groups is 1.